The summed E-state index contributed by atoms with van der Waals surface area (Å²) >= 11 is 0. The van der Waals surface area contributed by atoms with Gasteiger partial charge in [-0.25, -0.2) is 14.1 Å². The van der Waals surface area contributed by atoms with Crippen molar-refractivity contribution in [1.82, 2.24) is 34.8 Å². The number of hydrogen-bond donors (Lipinski definition) is 1. The molecule has 1 atom stereocenters. The number of benzene rings is 1. The Morgan fingerprint density at radius 2 is 2.03 bits per heavy atom. The molecule has 1 N–H and O–H groups in total. The molecule has 0 bridgehead atoms. The third-order valence-corrected chi connectivity index (χ3v) is 5.63. The van der Waals surface area contributed by atoms with Crippen LogP contribution in [0.4, 0.5) is 13.2 Å². The number of halogens is 3. The van der Waals surface area contributed by atoms with E-state index in [0.717, 1.165) is 11.9 Å². The van der Waals surface area contributed by atoms with Crippen molar-refractivity contribution < 1.29 is 26.8 Å². The Kier molecular flexibility index (Phi) is 4.50. The number of carbonyl (C=O) groups is 1. The van der Waals surface area contributed by atoms with E-state index in [2.05, 4.69) is 25.3 Å². The van der Waals surface area contributed by atoms with Crippen molar-refractivity contribution >= 4 is 16.9 Å². The maximum atomic E-state index is 15.4. The van der Waals surface area contributed by atoms with E-state index in [1.807, 2.05) is 0 Å². The van der Waals surface area contributed by atoms with Crippen LogP contribution in [0.25, 0.3) is 22.6 Å². The summed E-state index contributed by atoms with van der Waals surface area (Å²) in [4.78, 5) is 22.0. The van der Waals surface area contributed by atoms with Crippen LogP contribution in [0, 0.1) is 5.82 Å². The number of aromatic amines is 1. The van der Waals surface area contributed by atoms with Crippen LogP contribution >= 0.6 is 0 Å². The highest BCUT2D eigenvalue weighted by Crippen LogP contribution is 2.39. The number of para-hydroxylation sites is 1. The lowest BCUT2D eigenvalue weighted by Crippen LogP contribution is -2.41. The topological polar surface area (TPSA) is 119 Å². The Hall–Kier alpha value is -4.42. The number of fused-ring (bicyclic) bond motifs is 2. The second-order valence-electron chi connectivity index (χ2n) is 7.56. The number of furan rings is 1. The van der Waals surface area contributed by atoms with Crippen LogP contribution in [0.15, 0.2) is 51.7 Å². The van der Waals surface area contributed by atoms with Crippen molar-refractivity contribution in [2.75, 3.05) is 6.54 Å². The Morgan fingerprint density at radius 1 is 1.18 bits per heavy atom. The molecular weight excluding hydrogens is 455 g/mol. The summed E-state index contributed by atoms with van der Waals surface area (Å²) in [5.41, 5.74) is 1.50. The smallest absolute Gasteiger partial charge is 0.333 e. The summed E-state index contributed by atoms with van der Waals surface area (Å²) in [5, 5.41) is 11.4. The molecule has 34 heavy (non-hydrogen) atoms. The molecule has 1 amide bonds. The summed E-state index contributed by atoms with van der Waals surface area (Å²) < 4.78 is 52.6. The van der Waals surface area contributed by atoms with Gasteiger partial charge in [-0.2, -0.15) is 13.9 Å². The molecule has 0 radical (unpaired) electrons. The van der Waals surface area contributed by atoms with Gasteiger partial charge in [-0.3, -0.25) is 4.79 Å². The summed E-state index contributed by atoms with van der Waals surface area (Å²) in [7, 11) is 0. The average molecular weight is 469 g/mol. The molecule has 4 aromatic heterocycles. The monoisotopic (exact) mass is 469 g/mol. The maximum Gasteiger partial charge on any atom is 0.333 e. The highest BCUT2D eigenvalue weighted by molar-refractivity contribution is 5.90. The number of alkyl halides is 2. The first-order valence-corrected chi connectivity index (χ1v) is 10.2. The highest BCUT2D eigenvalue weighted by atomic mass is 19.3. The predicted octanol–water partition coefficient (Wildman–Crippen LogP) is 3.72. The number of rotatable bonds is 4. The molecule has 5 aromatic rings. The first kappa shape index (κ1) is 20.2. The van der Waals surface area contributed by atoms with Gasteiger partial charge in [-0.05, 0) is 18.2 Å². The van der Waals surface area contributed by atoms with Gasteiger partial charge in [0.05, 0.1) is 17.4 Å². The van der Waals surface area contributed by atoms with Crippen LogP contribution in [0.2, 0.25) is 0 Å². The lowest BCUT2D eigenvalue weighted by molar-refractivity contribution is 0.0566. The van der Waals surface area contributed by atoms with Crippen molar-refractivity contribution in [1.29, 1.82) is 0 Å². The number of hydrogen-bond acceptors (Lipinski definition) is 7. The van der Waals surface area contributed by atoms with E-state index in [4.69, 9.17) is 8.83 Å². The molecule has 1 aliphatic rings. The van der Waals surface area contributed by atoms with E-state index < -0.39 is 30.2 Å². The number of nitrogens with zero attached hydrogens (tertiary/aromatic N) is 6. The Balaban J connectivity index is 1.39. The number of carbonyl (C=O) groups excluding carboxylic acids is 1. The number of nitrogens with one attached hydrogen (secondary N) is 1. The minimum Gasteiger partial charge on any atom is -0.455 e. The zero-order valence-electron chi connectivity index (χ0n) is 17.2. The van der Waals surface area contributed by atoms with Gasteiger partial charge < -0.3 is 18.7 Å². The summed E-state index contributed by atoms with van der Waals surface area (Å²) in [6, 6.07) is 6.89. The highest BCUT2D eigenvalue weighted by Gasteiger charge is 2.40. The SMILES string of the molecule is O=C(c1nnc(-c2ccn(C(F)F)n2)o1)N1CCc2[nH]cnc2[C@@H]1c1oc2ccccc2c1F. The van der Waals surface area contributed by atoms with Crippen molar-refractivity contribution in [2.24, 2.45) is 0 Å². The molecule has 0 spiro atoms. The number of amides is 1. The van der Waals surface area contributed by atoms with E-state index in [1.54, 1.807) is 24.3 Å². The molecule has 10 nitrogen and oxygen atoms in total. The van der Waals surface area contributed by atoms with Gasteiger partial charge in [-0.15, -0.1) is 10.2 Å². The van der Waals surface area contributed by atoms with Gasteiger partial charge in [0.15, 0.2) is 11.6 Å². The fourth-order valence-electron chi connectivity index (χ4n) is 4.07. The molecule has 0 unspecified atom stereocenters. The summed E-state index contributed by atoms with van der Waals surface area (Å²) in [6.07, 6.45) is 2.95. The fourth-order valence-corrected chi connectivity index (χ4v) is 4.07. The molecule has 1 aromatic carbocycles. The first-order valence-electron chi connectivity index (χ1n) is 10.2. The van der Waals surface area contributed by atoms with Gasteiger partial charge in [0.1, 0.15) is 17.3 Å². The molecular formula is C21H14F3N7O3. The average Bonchev–Trinajstić information content (AvgIpc) is 3.64. The molecule has 5 heterocycles. The Morgan fingerprint density at radius 3 is 2.82 bits per heavy atom. The van der Waals surface area contributed by atoms with E-state index in [-0.39, 0.29) is 29.3 Å². The van der Waals surface area contributed by atoms with Crippen LogP contribution in [0.5, 0.6) is 0 Å². The van der Waals surface area contributed by atoms with Crippen molar-refractivity contribution in [3.8, 4) is 11.6 Å². The van der Waals surface area contributed by atoms with Crippen LogP contribution in [0.3, 0.4) is 0 Å². The quantitative estimate of drug-likeness (QED) is 0.426. The lowest BCUT2D eigenvalue weighted by Gasteiger charge is -2.32. The van der Waals surface area contributed by atoms with Crippen molar-refractivity contribution in [3.63, 3.8) is 0 Å². The zero-order chi connectivity index (χ0) is 23.4. The van der Waals surface area contributed by atoms with E-state index in [0.29, 0.717) is 22.4 Å². The molecule has 172 valence electrons. The molecule has 0 aliphatic carbocycles. The van der Waals surface area contributed by atoms with Crippen molar-refractivity contribution in [2.45, 2.75) is 19.0 Å². The second kappa shape index (κ2) is 7.57. The summed E-state index contributed by atoms with van der Waals surface area (Å²) in [6.45, 7) is -2.65. The van der Waals surface area contributed by atoms with Crippen LogP contribution in [-0.4, -0.2) is 47.3 Å². The molecule has 0 saturated heterocycles. The van der Waals surface area contributed by atoms with Gasteiger partial charge >= 0.3 is 18.3 Å². The Labute approximate surface area is 188 Å². The van der Waals surface area contributed by atoms with Gasteiger partial charge in [0, 0.05) is 24.9 Å². The molecule has 0 saturated carbocycles. The molecule has 13 heteroatoms. The van der Waals surface area contributed by atoms with Gasteiger partial charge in [-0.1, -0.05) is 12.1 Å². The van der Waals surface area contributed by atoms with Gasteiger partial charge in [0.25, 0.3) is 5.89 Å². The molecule has 1 aliphatic heterocycles. The minimum absolute atomic E-state index is 0.0139. The predicted molar refractivity (Wildman–Crippen MR) is 108 cm³/mol. The minimum atomic E-state index is -2.84. The number of imidazole rings is 1. The van der Waals surface area contributed by atoms with Crippen LogP contribution < -0.4 is 0 Å². The third-order valence-electron chi connectivity index (χ3n) is 5.63. The largest absolute Gasteiger partial charge is 0.455 e. The maximum absolute atomic E-state index is 15.4. The first-order chi connectivity index (χ1) is 16.5. The van der Waals surface area contributed by atoms with Gasteiger partial charge in [0.2, 0.25) is 0 Å². The Bertz CT molecular complexity index is 1520. The van der Waals surface area contributed by atoms with Crippen molar-refractivity contribution in [3.05, 3.63) is 71.7 Å². The molecule has 6 rings (SSSR count). The van der Waals surface area contributed by atoms with Crippen LogP contribution in [-0.2, 0) is 6.42 Å². The number of aromatic nitrogens is 6. The standard InChI is InChI=1S/C21H14F3N7O3/c22-14-10-3-1-2-4-13(10)33-17(14)16-15-11(25-9-26-15)5-7-30(16)20(32)19-28-27-18(34-19)12-6-8-31(29-12)21(23)24/h1-4,6,8-9,16,21H,5,7H2,(H,25,26)/t16-/m1/s1. The number of H-pyrrole nitrogens is 1. The fraction of sp³-hybridized carbons (Fsp3) is 0.190. The summed E-state index contributed by atoms with van der Waals surface area (Å²) in [5.74, 6) is -1.96. The third kappa shape index (κ3) is 3.08. The zero-order valence-corrected chi connectivity index (χ0v) is 17.2. The lowest BCUT2D eigenvalue weighted by atomic mass is 9.99. The molecule has 0 fully saturated rings. The second-order valence-corrected chi connectivity index (χ2v) is 7.56. The van der Waals surface area contributed by atoms with Crippen LogP contribution in [0.1, 0.15) is 40.4 Å². The van der Waals surface area contributed by atoms with E-state index in [9.17, 15) is 13.6 Å². The van der Waals surface area contributed by atoms with E-state index >= 15 is 4.39 Å². The van der Waals surface area contributed by atoms with E-state index in [1.165, 1.54) is 17.3 Å². The normalized spacial score (nSPS) is 15.9.